The summed E-state index contributed by atoms with van der Waals surface area (Å²) in [5, 5.41) is 33.9. The van der Waals surface area contributed by atoms with E-state index < -0.39 is 17.6 Å². The van der Waals surface area contributed by atoms with E-state index in [1.54, 1.807) is 13.0 Å². The second-order valence-corrected chi connectivity index (χ2v) is 16.7. The van der Waals surface area contributed by atoms with E-state index in [-0.39, 0.29) is 51.7 Å². The van der Waals surface area contributed by atoms with E-state index in [0.717, 1.165) is 38.5 Å². The van der Waals surface area contributed by atoms with Gasteiger partial charge in [-0.15, -0.1) is 0 Å². The maximum Gasteiger partial charge on any atom is 0.333 e. The first-order chi connectivity index (χ1) is 18.4. The van der Waals surface area contributed by atoms with Crippen LogP contribution in [0.4, 0.5) is 0 Å². The van der Waals surface area contributed by atoms with Gasteiger partial charge in [-0.1, -0.05) is 66.2 Å². The second-order valence-electron chi connectivity index (χ2n) is 16.7. The number of hydrogen-bond donors (Lipinski definition) is 3. The van der Waals surface area contributed by atoms with E-state index in [1.807, 2.05) is 6.92 Å². The Hall–Kier alpha value is -1.17. The third kappa shape index (κ3) is 3.85. The molecular weight excluding hydrogens is 500 g/mol. The molecule has 0 unspecified atom stereocenters. The first kappa shape index (κ1) is 30.3. The predicted octanol–water partition coefficient (Wildman–Crippen LogP) is 6.60. The Morgan fingerprint density at radius 2 is 1.65 bits per heavy atom. The van der Waals surface area contributed by atoms with Crippen LogP contribution in [0.5, 0.6) is 0 Å². The van der Waals surface area contributed by atoms with E-state index in [2.05, 4.69) is 54.5 Å². The van der Waals surface area contributed by atoms with E-state index in [1.165, 1.54) is 5.57 Å². The predicted molar refractivity (Wildman–Crippen MR) is 158 cm³/mol. The molecule has 0 spiro atoms. The molecule has 10 atom stereocenters. The molecule has 0 bridgehead atoms. The molecule has 0 radical (unpaired) electrons. The highest BCUT2D eigenvalue weighted by Crippen LogP contribution is 2.76. The van der Waals surface area contributed by atoms with Crippen LogP contribution in [0, 0.1) is 50.2 Å². The maximum absolute atomic E-state index is 13.3. The van der Waals surface area contributed by atoms with E-state index >= 15 is 0 Å². The Morgan fingerprint density at radius 3 is 2.27 bits per heavy atom. The number of rotatable bonds is 3. The molecule has 0 heterocycles. The van der Waals surface area contributed by atoms with Crippen molar-refractivity contribution in [3.05, 3.63) is 23.3 Å². The van der Waals surface area contributed by atoms with E-state index in [9.17, 15) is 20.1 Å². The molecule has 5 aliphatic rings. The van der Waals surface area contributed by atoms with Crippen molar-refractivity contribution in [2.45, 2.75) is 132 Å². The summed E-state index contributed by atoms with van der Waals surface area (Å²) in [6, 6.07) is 0. The van der Waals surface area contributed by atoms with Crippen LogP contribution in [0.1, 0.15) is 114 Å². The summed E-state index contributed by atoms with van der Waals surface area (Å²) in [6.45, 7) is 19.8. The molecule has 0 aromatic rings. The molecule has 5 heteroatoms. The highest BCUT2D eigenvalue weighted by molar-refractivity contribution is 5.87. The van der Waals surface area contributed by atoms with Crippen LogP contribution < -0.4 is 0 Å². The average molecular weight is 557 g/mol. The van der Waals surface area contributed by atoms with Gasteiger partial charge in [-0.25, -0.2) is 4.79 Å². The number of allylic oxidation sites excluding steroid dienone is 3. The number of hydrogen-bond acceptors (Lipinski definition) is 5. The van der Waals surface area contributed by atoms with Crippen molar-refractivity contribution in [1.29, 1.82) is 0 Å². The Morgan fingerprint density at radius 1 is 0.975 bits per heavy atom. The first-order valence-electron chi connectivity index (χ1n) is 16.0. The van der Waals surface area contributed by atoms with Crippen molar-refractivity contribution in [2.75, 3.05) is 6.61 Å². The van der Waals surface area contributed by atoms with Crippen LogP contribution in [-0.4, -0.2) is 46.2 Å². The summed E-state index contributed by atoms with van der Waals surface area (Å²) in [5.74, 6) is 0.521. The van der Waals surface area contributed by atoms with Gasteiger partial charge in [0.1, 0.15) is 6.10 Å². The number of carbonyl (C=O) groups is 1. The Kier molecular flexibility index (Phi) is 7.13. The van der Waals surface area contributed by atoms with Crippen molar-refractivity contribution < 1.29 is 24.9 Å². The van der Waals surface area contributed by atoms with Gasteiger partial charge < -0.3 is 20.1 Å². The van der Waals surface area contributed by atoms with Crippen molar-refractivity contribution >= 4 is 5.97 Å². The highest BCUT2D eigenvalue weighted by atomic mass is 16.5. The highest BCUT2D eigenvalue weighted by Gasteiger charge is 2.71. The minimum atomic E-state index is -0.897. The number of esters is 1. The molecule has 0 aromatic heterocycles. The second kappa shape index (κ2) is 9.41. The summed E-state index contributed by atoms with van der Waals surface area (Å²) in [5.41, 5.74) is 0.726. The van der Waals surface area contributed by atoms with Gasteiger partial charge in [0, 0.05) is 5.57 Å². The van der Waals surface area contributed by atoms with Gasteiger partial charge in [0.25, 0.3) is 0 Å². The zero-order valence-electron chi connectivity index (χ0n) is 26.6. The van der Waals surface area contributed by atoms with Gasteiger partial charge in [0.15, 0.2) is 0 Å². The molecule has 0 aliphatic heterocycles. The monoisotopic (exact) mass is 556 g/mol. The van der Waals surface area contributed by atoms with E-state index in [0.29, 0.717) is 30.3 Å². The van der Waals surface area contributed by atoms with Crippen molar-refractivity contribution in [3.8, 4) is 0 Å². The minimum absolute atomic E-state index is 0.0187. The molecule has 5 rings (SSSR count). The lowest BCUT2D eigenvalue weighted by molar-refractivity contribution is -0.240. The standard InChI is InChI=1S/C35H56O5/c1-10-21(2)29(39)40-28-19-34(9)22(23-17-30(3,4)18-27(38)35(23,28)20-36)11-12-25-32(7)15-14-26(37)31(5,6)24(32)13-16-33(25,34)8/h10-11,23-28,36-38H,12-20H2,1-9H3/b21-10-/t23-,24-,25+,26-,27-,28+,32-,33+,34+,35+/m0/s1. The fraction of sp³-hybridized carbons (Fsp3) is 0.857. The van der Waals surface area contributed by atoms with Crippen LogP contribution in [0.15, 0.2) is 23.3 Å². The number of fused-ring (bicyclic) bond motifs is 7. The fourth-order valence-electron chi connectivity index (χ4n) is 11.4. The molecule has 0 amide bonds. The van der Waals surface area contributed by atoms with Crippen LogP contribution in [0.25, 0.3) is 0 Å². The molecule has 40 heavy (non-hydrogen) atoms. The molecular formula is C35H56O5. The summed E-state index contributed by atoms with van der Waals surface area (Å²) in [7, 11) is 0. The number of aliphatic hydroxyl groups is 3. The van der Waals surface area contributed by atoms with Gasteiger partial charge in [-0.2, -0.15) is 0 Å². The first-order valence-corrected chi connectivity index (χ1v) is 16.0. The Bertz CT molecular complexity index is 1100. The summed E-state index contributed by atoms with van der Waals surface area (Å²) in [4.78, 5) is 13.3. The van der Waals surface area contributed by atoms with Crippen molar-refractivity contribution in [3.63, 3.8) is 0 Å². The number of aliphatic hydroxyl groups excluding tert-OH is 3. The van der Waals surface area contributed by atoms with E-state index in [4.69, 9.17) is 4.74 Å². The molecule has 3 N–H and O–H groups in total. The third-order valence-corrected chi connectivity index (χ3v) is 14.1. The lowest BCUT2D eigenvalue weighted by atomic mass is 9.33. The molecule has 0 saturated heterocycles. The lowest BCUT2D eigenvalue weighted by Crippen LogP contribution is -2.69. The van der Waals surface area contributed by atoms with Gasteiger partial charge >= 0.3 is 5.97 Å². The quantitative estimate of drug-likeness (QED) is 0.207. The van der Waals surface area contributed by atoms with Crippen LogP contribution >= 0.6 is 0 Å². The fourth-order valence-corrected chi connectivity index (χ4v) is 11.4. The van der Waals surface area contributed by atoms with Crippen LogP contribution in [0.2, 0.25) is 0 Å². The molecule has 5 nitrogen and oxygen atoms in total. The molecule has 5 aliphatic carbocycles. The topological polar surface area (TPSA) is 87.0 Å². The molecule has 226 valence electrons. The van der Waals surface area contributed by atoms with Gasteiger partial charge in [0.2, 0.25) is 0 Å². The number of ether oxygens (including phenoxy) is 1. The molecule has 4 fully saturated rings. The van der Waals surface area contributed by atoms with Crippen molar-refractivity contribution in [2.24, 2.45) is 50.2 Å². The summed E-state index contributed by atoms with van der Waals surface area (Å²) >= 11 is 0. The SMILES string of the molecule is C/C=C(/C)C(=O)O[C@@H]1C[C@]2(C)C(=CC[C@@H]3[C@@]4(C)CC[C@H](O)C(C)(C)[C@@H]4CC[C@]32C)[C@@H]2CC(C)(C)C[C@H](O)[C@]12CO. The Balaban J connectivity index is 1.65. The largest absolute Gasteiger partial charge is 0.458 e. The minimum Gasteiger partial charge on any atom is -0.458 e. The summed E-state index contributed by atoms with van der Waals surface area (Å²) in [6.07, 6.45) is 9.81. The van der Waals surface area contributed by atoms with Crippen LogP contribution in [0.3, 0.4) is 0 Å². The molecule has 0 aromatic carbocycles. The average Bonchev–Trinajstić information content (AvgIpc) is 2.86. The molecule has 4 saturated carbocycles. The Labute approximate surface area is 242 Å². The lowest BCUT2D eigenvalue weighted by Gasteiger charge is -2.72. The summed E-state index contributed by atoms with van der Waals surface area (Å²) < 4.78 is 6.38. The van der Waals surface area contributed by atoms with Crippen molar-refractivity contribution in [1.82, 2.24) is 0 Å². The third-order valence-electron chi connectivity index (χ3n) is 14.1. The van der Waals surface area contributed by atoms with Crippen LogP contribution in [-0.2, 0) is 9.53 Å². The smallest absolute Gasteiger partial charge is 0.333 e. The van der Waals surface area contributed by atoms with Gasteiger partial charge in [0.05, 0.1) is 24.2 Å². The normalized spacial score (nSPS) is 49.5. The zero-order chi connectivity index (χ0) is 29.7. The number of carbonyl (C=O) groups excluding carboxylic acids is 1. The van der Waals surface area contributed by atoms with Gasteiger partial charge in [-0.05, 0) is 110 Å². The zero-order valence-corrected chi connectivity index (χ0v) is 26.6. The van der Waals surface area contributed by atoms with Gasteiger partial charge in [-0.3, -0.25) is 0 Å². The maximum atomic E-state index is 13.3.